The number of nitrogens with zero attached hydrogens (tertiary/aromatic N) is 1. The number of aromatic nitrogens is 2. The molecule has 23 heavy (non-hydrogen) atoms. The molecule has 1 aromatic heterocycles. The molecule has 0 saturated carbocycles. The molecule has 0 unspecified atom stereocenters. The van der Waals surface area contributed by atoms with Crippen LogP contribution >= 0.6 is 0 Å². The fourth-order valence-corrected chi connectivity index (χ4v) is 3.22. The summed E-state index contributed by atoms with van der Waals surface area (Å²) >= 11 is 0. The lowest BCUT2D eigenvalue weighted by Crippen LogP contribution is -2.19. The molecule has 6 nitrogen and oxygen atoms in total. The van der Waals surface area contributed by atoms with Crippen LogP contribution in [0.25, 0.3) is 0 Å². The Morgan fingerprint density at radius 1 is 1.13 bits per heavy atom. The van der Waals surface area contributed by atoms with E-state index in [4.69, 9.17) is 4.74 Å². The number of esters is 1. The Morgan fingerprint density at radius 3 is 2.91 bits per heavy atom. The Labute approximate surface area is 133 Å². The SMILES string of the molecule is O=C1CCc2ccc(OC(=O)c3n[nH]c4c3CCCC4)cc2N1. The first-order chi connectivity index (χ1) is 11.2. The molecule has 1 amide bonds. The molecule has 118 valence electrons. The average molecular weight is 311 g/mol. The Hall–Kier alpha value is -2.63. The summed E-state index contributed by atoms with van der Waals surface area (Å²) in [7, 11) is 0. The van der Waals surface area contributed by atoms with Gasteiger partial charge in [0.1, 0.15) is 5.75 Å². The third-order valence-electron chi connectivity index (χ3n) is 4.44. The number of ether oxygens (including phenoxy) is 1. The molecule has 2 aromatic rings. The number of rotatable bonds is 2. The molecule has 0 radical (unpaired) electrons. The number of H-pyrrole nitrogens is 1. The number of carbonyl (C=O) groups is 2. The van der Waals surface area contributed by atoms with Crippen LogP contribution in [0.3, 0.4) is 0 Å². The van der Waals surface area contributed by atoms with Crippen molar-refractivity contribution < 1.29 is 14.3 Å². The van der Waals surface area contributed by atoms with E-state index in [-0.39, 0.29) is 5.91 Å². The first-order valence-electron chi connectivity index (χ1n) is 7.92. The summed E-state index contributed by atoms with van der Waals surface area (Å²) in [4.78, 5) is 23.9. The van der Waals surface area contributed by atoms with Gasteiger partial charge in [-0.2, -0.15) is 5.10 Å². The summed E-state index contributed by atoms with van der Waals surface area (Å²) in [6.45, 7) is 0. The molecule has 4 rings (SSSR count). The molecule has 2 aliphatic rings. The topological polar surface area (TPSA) is 84.1 Å². The minimum absolute atomic E-state index is 0.0117. The number of aromatic amines is 1. The molecule has 0 fully saturated rings. The molecule has 1 aliphatic heterocycles. The predicted octanol–water partition coefficient (Wildman–Crippen LogP) is 2.39. The average Bonchev–Trinajstić information content (AvgIpc) is 2.98. The summed E-state index contributed by atoms with van der Waals surface area (Å²) in [6, 6.07) is 5.34. The molecule has 0 atom stereocenters. The number of nitrogens with one attached hydrogen (secondary N) is 2. The number of hydrogen-bond donors (Lipinski definition) is 2. The van der Waals surface area contributed by atoms with Gasteiger partial charge in [0, 0.05) is 29.4 Å². The van der Waals surface area contributed by atoms with Crippen molar-refractivity contribution in [3.05, 3.63) is 40.7 Å². The van der Waals surface area contributed by atoms with Crippen molar-refractivity contribution in [3.8, 4) is 5.75 Å². The lowest BCUT2D eigenvalue weighted by atomic mass is 9.96. The van der Waals surface area contributed by atoms with Gasteiger partial charge in [-0.25, -0.2) is 4.79 Å². The van der Waals surface area contributed by atoms with Crippen LogP contribution in [0.4, 0.5) is 5.69 Å². The zero-order chi connectivity index (χ0) is 15.8. The fraction of sp³-hybridized carbons (Fsp3) is 0.353. The maximum absolute atomic E-state index is 12.4. The molecule has 1 aliphatic carbocycles. The Balaban J connectivity index is 1.56. The van der Waals surface area contributed by atoms with Gasteiger partial charge in [-0.3, -0.25) is 9.89 Å². The van der Waals surface area contributed by atoms with E-state index in [1.807, 2.05) is 6.07 Å². The molecule has 2 heterocycles. The van der Waals surface area contributed by atoms with Crippen LogP contribution in [0.5, 0.6) is 5.75 Å². The number of anilines is 1. The van der Waals surface area contributed by atoms with E-state index in [0.29, 0.717) is 24.3 Å². The standard InChI is InChI=1S/C17H17N3O3/c21-15-8-6-10-5-7-11(9-14(10)18-15)23-17(22)16-12-3-1-2-4-13(12)19-20-16/h5,7,9H,1-4,6,8H2,(H,18,21)(H,19,20). The smallest absolute Gasteiger partial charge is 0.364 e. The highest BCUT2D eigenvalue weighted by molar-refractivity contribution is 5.95. The highest BCUT2D eigenvalue weighted by atomic mass is 16.5. The lowest BCUT2D eigenvalue weighted by Gasteiger charge is -2.17. The number of benzene rings is 1. The zero-order valence-corrected chi connectivity index (χ0v) is 12.6. The van der Waals surface area contributed by atoms with Crippen LogP contribution in [0, 0.1) is 0 Å². The van der Waals surface area contributed by atoms with E-state index < -0.39 is 5.97 Å². The van der Waals surface area contributed by atoms with Gasteiger partial charge in [-0.15, -0.1) is 0 Å². The van der Waals surface area contributed by atoms with Crippen molar-refractivity contribution in [2.45, 2.75) is 38.5 Å². The molecule has 6 heteroatoms. The van der Waals surface area contributed by atoms with Gasteiger partial charge in [0.25, 0.3) is 0 Å². The van der Waals surface area contributed by atoms with Crippen LogP contribution in [-0.4, -0.2) is 22.1 Å². The molecular weight excluding hydrogens is 294 g/mol. The van der Waals surface area contributed by atoms with E-state index in [1.54, 1.807) is 12.1 Å². The van der Waals surface area contributed by atoms with E-state index in [1.165, 1.54) is 0 Å². The summed E-state index contributed by atoms with van der Waals surface area (Å²) in [5, 5.41) is 9.87. The fourth-order valence-electron chi connectivity index (χ4n) is 3.22. The van der Waals surface area contributed by atoms with E-state index in [9.17, 15) is 9.59 Å². The number of carbonyl (C=O) groups excluding carboxylic acids is 2. The maximum Gasteiger partial charge on any atom is 0.364 e. The third-order valence-corrected chi connectivity index (χ3v) is 4.44. The second-order valence-corrected chi connectivity index (χ2v) is 5.99. The molecule has 1 aromatic carbocycles. The van der Waals surface area contributed by atoms with Gasteiger partial charge in [-0.05, 0) is 43.7 Å². The van der Waals surface area contributed by atoms with Crippen molar-refractivity contribution >= 4 is 17.6 Å². The van der Waals surface area contributed by atoms with Crippen LogP contribution in [-0.2, 0) is 24.1 Å². The first-order valence-corrected chi connectivity index (χ1v) is 7.92. The largest absolute Gasteiger partial charge is 0.422 e. The van der Waals surface area contributed by atoms with Crippen molar-refractivity contribution in [2.75, 3.05) is 5.32 Å². The summed E-state index contributed by atoms with van der Waals surface area (Å²) in [6.07, 6.45) is 5.18. The quantitative estimate of drug-likeness (QED) is 0.659. The van der Waals surface area contributed by atoms with Crippen molar-refractivity contribution in [3.63, 3.8) is 0 Å². The normalized spacial score (nSPS) is 16.3. The van der Waals surface area contributed by atoms with Gasteiger partial charge >= 0.3 is 5.97 Å². The van der Waals surface area contributed by atoms with Crippen LogP contribution in [0.15, 0.2) is 18.2 Å². The van der Waals surface area contributed by atoms with E-state index >= 15 is 0 Å². The first kappa shape index (κ1) is 14.0. The Kier molecular flexibility index (Phi) is 3.37. The minimum Gasteiger partial charge on any atom is -0.422 e. The second kappa shape index (κ2) is 5.53. The van der Waals surface area contributed by atoms with Crippen LogP contribution in [0.1, 0.15) is 46.6 Å². The van der Waals surface area contributed by atoms with Gasteiger partial charge < -0.3 is 10.1 Å². The molecule has 2 N–H and O–H groups in total. The monoisotopic (exact) mass is 311 g/mol. The lowest BCUT2D eigenvalue weighted by molar-refractivity contribution is -0.116. The summed E-state index contributed by atoms with van der Waals surface area (Å²) in [5.41, 5.74) is 4.17. The number of amides is 1. The third kappa shape index (κ3) is 2.60. The number of fused-ring (bicyclic) bond motifs is 2. The highest BCUT2D eigenvalue weighted by Gasteiger charge is 2.23. The zero-order valence-electron chi connectivity index (χ0n) is 12.6. The molecular formula is C17H17N3O3. The van der Waals surface area contributed by atoms with Crippen molar-refractivity contribution in [1.82, 2.24) is 10.2 Å². The Bertz CT molecular complexity index is 794. The van der Waals surface area contributed by atoms with Crippen LogP contribution < -0.4 is 10.1 Å². The maximum atomic E-state index is 12.4. The van der Waals surface area contributed by atoms with Crippen molar-refractivity contribution in [2.24, 2.45) is 0 Å². The van der Waals surface area contributed by atoms with Gasteiger partial charge in [0.05, 0.1) is 0 Å². The second-order valence-electron chi connectivity index (χ2n) is 5.99. The van der Waals surface area contributed by atoms with E-state index in [0.717, 1.165) is 48.2 Å². The molecule has 0 spiro atoms. The Morgan fingerprint density at radius 2 is 2.00 bits per heavy atom. The summed E-state index contributed by atoms with van der Waals surface area (Å²) < 4.78 is 5.45. The number of hydrogen-bond acceptors (Lipinski definition) is 4. The van der Waals surface area contributed by atoms with Gasteiger partial charge in [-0.1, -0.05) is 6.07 Å². The predicted molar refractivity (Wildman–Crippen MR) is 83.6 cm³/mol. The van der Waals surface area contributed by atoms with Crippen molar-refractivity contribution in [1.29, 1.82) is 0 Å². The van der Waals surface area contributed by atoms with Gasteiger partial charge in [0.2, 0.25) is 5.91 Å². The molecule has 0 bridgehead atoms. The minimum atomic E-state index is -0.452. The number of aryl methyl sites for hydroxylation is 2. The molecule has 0 saturated heterocycles. The van der Waals surface area contributed by atoms with Gasteiger partial charge in [0.15, 0.2) is 5.69 Å². The summed E-state index contributed by atoms with van der Waals surface area (Å²) in [5.74, 6) is -0.0441. The van der Waals surface area contributed by atoms with Crippen LogP contribution in [0.2, 0.25) is 0 Å². The van der Waals surface area contributed by atoms with E-state index in [2.05, 4.69) is 15.5 Å². The highest BCUT2D eigenvalue weighted by Crippen LogP contribution is 2.28.